The summed E-state index contributed by atoms with van der Waals surface area (Å²) in [6.07, 6.45) is 1.14. The van der Waals surface area contributed by atoms with Gasteiger partial charge in [0.25, 0.3) is 0 Å². The first-order chi connectivity index (χ1) is 9.02. The lowest BCUT2D eigenvalue weighted by Gasteiger charge is -1.99. The van der Waals surface area contributed by atoms with Crippen LogP contribution in [0.2, 0.25) is 0 Å². The van der Waals surface area contributed by atoms with Gasteiger partial charge in [0.1, 0.15) is 6.54 Å². The molecule has 0 spiro atoms. The van der Waals surface area contributed by atoms with Gasteiger partial charge in [-0.15, -0.1) is 10.2 Å². The van der Waals surface area contributed by atoms with Crippen molar-refractivity contribution in [1.82, 2.24) is 25.2 Å². The highest BCUT2D eigenvalue weighted by atomic mass is 16.4. The topological polar surface area (TPSA) is 136 Å². The van der Waals surface area contributed by atoms with Crippen LogP contribution in [0, 0.1) is 6.92 Å². The van der Waals surface area contributed by atoms with E-state index >= 15 is 0 Å². The Kier molecular flexibility index (Phi) is 3.50. The lowest BCUT2D eigenvalue weighted by Crippen LogP contribution is -2.19. The van der Waals surface area contributed by atoms with Crippen molar-refractivity contribution in [3.05, 3.63) is 17.8 Å². The van der Waals surface area contributed by atoms with Crippen molar-refractivity contribution in [2.45, 2.75) is 19.9 Å². The molecule has 0 saturated carbocycles. The quantitative estimate of drug-likeness (QED) is 0.720. The number of hydrogen-bond donors (Lipinski definition) is 2. The first-order valence-corrected chi connectivity index (χ1v) is 5.23. The van der Waals surface area contributed by atoms with Crippen LogP contribution in [0.1, 0.15) is 11.6 Å². The summed E-state index contributed by atoms with van der Waals surface area (Å²) < 4.78 is 6.19. The lowest BCUT2D eigenvalue weighted by atomic mass is 10.3. The number of rotatable bonds is 5. The van der Waals surface area contributed by atoms with Crippen molar-refractivity contribution in [3.8, 4) is 0 Å². The molecule has 100 valence electrons. The van der Waals surface area contributed by atoms with E-state index in [2.05, 4.69) is 25.8 Å². The van der Waals surface area contributed by atoms with Crippen molar-refractivity contribution in [2.24, 2.45) is 0 Å². The maximum absolute atomic E-state index is 11.6. The van der Waals surface area contributed by atoms with Gasteiger partial charge < -0.3 is 9.52 Å². The molecule has 2 N–H and O–H groups in total. The molecule has 0 fully saturated rings. The fraction of sp³-hybridized carbons (Fsp3) is 0.333. The van der Waals surface area contributed by atoms with E-state index in [-0.39, 0.29) is 24.7 Å². The Hall–Kier alpha value is -2.78. The summed E-state index contributed by atoms with van der Waals surface area (Å²) >= 11 is 0. The number of carbonyl (C=O) groups excluding carboxylic acids is 1. The van der Waals surface area contributed by atoms with Crippen molar-refractivity contribution in [2.75, 3.05) is 5.32 Å². The number of carboxylic acid groups (broad SMARTS) is 1. The molecule has 1 amide bonds. The summed E-state index contributed by atoms with van der Waals surface area (Å²) in [6, 6.07) is -0.00613. The zero-order valence-electron chi connectivity index (χ0n) is 9.90. The minimum Gasteiger partial charge on any atom is -0.481 e. The molecule has 10 nitrogen and oxygen atoms in total. The minimum atomic E-state index is -1.02. The Labute approximate surface area is 106 Å². The first-order valence-electron chi connectivity index (χ1n) is 5.23. The number of carboxylic acids is 1. The van der Waals surface area contributed by atoms with E-state index in [1.165, 1.54) is 10.9 Å². The molecule has 0 atom stereocenters. The van der Waals surface area contributed by atoms with Gasteiger partial charge in [0, 0.05) is 13.1 Å². The second-order valence-corrected chi connectivity index (χ2v) is 3.65. The smallest absolute Gasteiger partial charge is 0.322 e. The van der Waals surface area contributed by atoms with Gasteiger partial charge in [-0.1, -0.05) is 10.3 Å². The Morgan fingerprint density at radius 1 is 1.42 bits per heavy atom. The van der Waals surface area contributed by atoms with Crippen LogP contribution in [0.25, 0.3) is 0 Å². The highest BCUT2D eigenvalue weighted by Gasteiger charge is 2.11. The summed E-state index contributed by atoms with van der Waals surface area (Å²) in [6.45, 7) is 1.46. The molecule has 0 bridgehead atoms. The van der Waals surface area contributed by atoms with Crippen LogP contribution in [0.3, 0.4) is 0 Å². The predicted molar refractivity (Wildman–Crippen MR) is 59.0 cm³/mol. The summed E-state index contributed by atoms with van der Waals surface area (Å²) in [4.78, 5) is 22.0. The van der Waals surface area contributed by atoms with Crippen LogP contribution in [0.4, 0.5) is 6.01 Å². The fourth-order valence-electron chi connectivity index (χ4n) is 1.30. The monoisotopic (exact) mass is 266 g/mol. The number of hydrogen-bond acceptors (Lipinski definition) is 7. The van der Waals surface area contributed by atoms with Crippen molar-refractivity contribution >= 4 is 17.9 Å². The second kappa shape index (κ2) is 5.25. The molecule has 0 radical (unpaired) electrons. The number of carbonyl (C=O) groups is 2. The average molecular weight is 266 g/mol. The van der Waals surface area contributed by atoms with Crippen molar-refractivity contribution < 1.29 is 19.1 Å². The molecule has 2 aromatic rings. The molecule has 0 aliphatic heterocycles. The van der Waals surface area contributed by atoms with E-state index in [1.54, 1.807) is 6.92 Å². The zero-order valence-corrected chi connectivity index (χ0v) is 9.90. The Bertz CT molecular complexity index is 603. The van der Waals surface area contributed by atoms with Gasteiger partial charge in [0.15, 0.2) is 0 Å². The Balaban J connectivity index is 1.91. The van der Waals surface area contributed by atoms with E-state index in [4.69, 9.17) is 9.52 Å². The van der Waals surface area contributed by atoms with Crippen molar-refractivity contribution in [3.63, 3.8) is 0 Å². The molecule has 0 aliphatic rings. The van der Waals surface area contributed by atoms with Crippen LogP contribution < -0.4 is 5.32 Å². The standard InChI is InChI=1S/C9H10N6O4/c1-5-11-13-9(19-5)10-7(16)4-15-3-6(12-14-15)2-8(17)18/h3H,2,4H2,1H3,(H,17,18)(H,10,13,16). The number of anilines is 1. The Morgan fingerprint density at radius 2 is 2.21 bits per heavy atom. The summed E-state index contributed by atoms with van der Waals surface area (Å²) in [5.41, 5.74) is 0.272. The van der Waals surface area contributed by atoms with E-state index < -0.39 is 11.9 Å². The minimum absolute atomic E-state index is 0.00613. The van der Waals surface area contributed by atoms with Crippen LogP contribution in [-0.2, 0) is 22.6 Å². The molecule has 19 heavy (non-hydrogen) atoms. The maximum atomic E-state index is 11.6. The summed E-state index contributed by atoms with van der Waals surface area (Å²) in [5, 5.41) is 25.4. The number of nitrogens with zero attached hydrogens (tertiary/aromatic N) is 5. The van der Waals surface area contributed by atoms with E-state index in [9.17, 15) is 9.59 Å². The average Bonchev–Trinajstić information content (AvgIpc) is 2.88. The maximum Gasteiger partial charge on any atom is 0.322 e. The van der Waals surface area contributed by atoms with Gasteiger partial charge in [0.2, 0.25) is 11.8 Å². The largest absolute Gasteiger partial charge is 0.481 e. The molecule has 2 heterocycles. The molecule has 0 aromatic carbocycles. The van der Waals surface area contributed by atoms with Crippen LogP contribution in [-0.4, -0.2) is 42.2 Å². The van der Waals surface area contributed by atoms with Gasteiger partial charge in [-0.3, -0.25) is 14.9 Å². The third kappa shape index (κ3) is 3.59. The summed E-state index contributed by atoms with van der Waals surface area (Å²) in [7, 11) is 0. The SMILES string of the molecule is Cc1nnc(NC(=O)Cn2cc(CC(=O)O)nn2)o1. The molecular formula is C9H10N6O4. The molecule has 0 aliphatic carbocycles. The van der Waals surface area contributed by atoms with Gasteiger partial charge in [0.05, 0.1) is 12.1 Å². The third-order valence-electron chi connectivity index (χ3n) is 2.00. The predicted octanol–water partition coefficient (Wildman–Crippen LogP) is -0.765. The molecule has 0 unspecified atom stereocenters. The molecule has 2 rings (SSSR count). The van der Waals surface area contributed by atoms with Crippen LogP contribution >= 0.6 is 0 Å². The normalized spacial score (nSPS) is 10.4. The molecule has 10 heteroatoms. The number of amides is 1. The first kappa shape index (κ1) is 12.7. The van der Waals surface area contributed by atoms with Crippen molar-refractivity contribution in [1.29, 1.82) is 0 Å². The van der Waals surface area contributed by atoms with E-state index in [0.717, 1.165) is 0 Å². The Morgan fingerprint density at radius 3 is 2.84 bits per heavy atom. The third-order valence-corrected chi connectivity index (χ3v) is 2.00. The number of aliphatic carboxylic acids is 1. The number of aryl methyl sites for hydroxylation is 1. The highest BCUT2D eigenvalue weighted by Crippen LogP contribution is 2.03. The van der Waals surface area contributed by atoms with Gasteiger partial charge >= 0.3 is 12.0 Å². The van der Waals surface area contributed by atoms with Gasteiger partial charge in [-0.25, -0.2) is 4.68 Å². The number of nitrogens with one attached hydrogen (secondary N) is 1. The van der Waals surface area contributed by atoms with Gasteiger partial charge in [-0.2, -0.15) is 0 Å². The molecular weight excluding hydrogens is 256 g/mol. The summed E-state index contributed by atoms with van der Waals surface area (Å²) in [5.74, 6) is -1.12. The molecule has 2 aromatic heterocycles. The molecule has 0 saturated heterocycles. The second-order valence-electron chi connectivity index (χ2n) is 3.65. The van der Waals surface area contributed by atoms with E-state index in [0.29, 0.717) is 5.89 Å². The zero-order chi connectivity index (χ0) is 13.8. The van der Waals surface area contributed by atoms with Crippen LogP contribution in [0.5, 0.6) is 0 Å². The highest BCUT2D eigenvalue weighted by molar-refractivity contribution is 5.88. The van der Waals surface area contributed by atoms with Crippen LogP contribution in [0.15, 0.2) is 10.6 Å². The fourth-order valence-corrected chi connectivity index (χ4v) is 1.30. The van der Waals surface area contributed by atoms with E-state index in [1.807, 2.05) is 0 Å². The van der Waals surface area contributed by atoms with Gasteiger partial charge in [-0.05, 0) is 0 Å². The number of aromatic nitrogens is 5. The lowest BCUT2D eigenvalue weighted by molar-refractivity contribution is -0.136.